The van der Waals surface area contributed by atoms with Crippen molar-refractivity contribution < 1.29 is 52.7 Å². The van der Waals surface area contributed by atoms with Crippen LogP contribution in [0.1, 0.15) is 27.9 Å². The number of carbonyl (C=O) groups excluding carboxylic acids is 2. The number of carboxylic acids is 1. The van der Waals surface area contributed by atoms with Crippen molar-refractivity contribution >= 4 is 74.3 Å². The lowest BCUT2D eigenvalue weighted by Gasteiger charge is -2.49. The van der Waals surface area contributed by atoms with E-state index in [-0.39, 0.29) is 37.3 Å². The molecule has 0 unspecified atom stereocenters. The molecular formula is C47H48IN5O11S2. The number of benzene rings is 4. The Morgan fingerprint density at radius 1 is 0.848 bits per heavy atom. The van der Waals surface area contributed by atoms with Crippen LogP contribution in [-0.4, -0.2) is 114 Å². The molecule has 3 heterocycles. The third kappa shape index (κ3) is 11.3. The first-order valence-electron chi connectivity index (χ1n) is 20.7. The number of rotatable bonds is 25. The molecule has 7 rings (SSSR count). The van der Waals surface area contributed by atoms with Crippen molar-refractivity contribution in [3.63, 3.8) is 0 Å². The first kappa shape index (κ1) is 48.4. The molecule has 0 bridgehead atoms. The van der Waals surface area contributed by atoms with E-state index in [1.54, 1.807) is 37.8 Å². The number of methoxy groups -OCH3 is 2. The van der Waals surface area contributed by atoms with E-state index in [1.165, 1.54) is 28.0 Å². The van der Waals surface area contributed by atoms with E-state index in [0.29, 0.717) is 64.4 Å². The molecule has 0 saturated carbocycles. The summed E-state index contributed by atoms with van der Waals surface area (Å²) in [5, 5.41) is 22.4. The Morgan fingerprint density at radius 2 is 1.44 bits per heavy atom. The molecule has 0 radical (unpaired) electrons. The molecule has 3 N–H and O–H groups in total. The SMILES string of the molecule is COCCOCOc1ccc(CON=C(C(=O)N[C@@H]2C(=O)N3C(C(=O)O)=C(CI)CS[C@@H]23)c2csc(NC(c3ccccc3)(c3ccccc3)c3ccccc3)n2)cc1OCOCCOC. The van der Waals surface area contributed by atoms with E-state index in [2.05, 4.69) is 38.4 Å². The van der Waals surface area contributed by atoms with Crippen LogP contribution in [0.3, 0.4) is 0 Å². The maximum atomic E-state index is 14.4. The topological polar surface area (TPSA) is 189 Å². The molecule has 16 nitrogen and oxygen atoms in total. The molecule has 1 fully saturated rings. The van der Waals surface area contributed by atoms with Crippen LogP contribution in [0.15, 0.2) is 131 Å². The van der Waals surface area contributed by atoms with Crippen molar-refractivity contribution in [3.8, 4) is 11.5 Å². The first-order chi connectivity index (χ1) is 32.3. The van der Waals surface area contributed by atoms with Crippen molar-refractivity contribution in [2.75, 3.05) is 69.7 Å². The van der Waals surface area contributed by atoms with E-state index in [1.807, 2.05) is 91.0 Å². The van der Waals surface area contributed by atoms with Gasteiger partial charge in [0.25, 0.3) is 11.8 Å². The first-order valence-corrected chi connectivity index (χ1v) is 24.1. The van der Waals surface area contributed by atoms with Gasteiger partial charge < -0.3 is 49.0 Å². The van der Waals surface area contributed by atoms with Crippen LogP contribution in [0, 0.1) is 0 Å². The maximum absolute atomic E-state index is 14.4. The number of aliphatic carboxylic acids is 1. The zero-order valence-corrected chi connectivity index (χ0v) is 39.8. The summed E-state index contributed by atoms with van der Waals surface area (Å²) in [5.74, 6) is -1.33. The average molecular weight is 1050 g/mol. The van der Waals surface area contributed by atoms with Crippen molar-refractivity contribution in [2.24, 2.45) is 5.16 Å². The summed E-state index contributed by atoms with van der Waals surface area (Å²) in [6.45, 7) is 1.19. The van der Waals surface area contributed by atoms with Crippen LogP contribution in [-0.2, 0) is 50.3 Å². The number of carboxylic acid groups (broad SMARTS) is 1. The summed E-state index contributed by atoms with van der Waals surface area (Å²) in [7, 11) is 3.15. The smallest absolute Gasteiger partial charge is 0.352 e. The van der Waals surface area contributed by atoms with E-state index >= 15 is 0 Å². The molecule has 1 saturated heterocycles. The summed E-state index contributed by atoms with van der Waals surface area (Å²) >= 11 is 4.74. The van der Waals surface area contributed by atoms with Crippen LogP contribution in [0.25, 0.3) is 0 Å². The van der Waals surface area contributed by atoms with Crippen LogP contribution in [0.4, 0.5) is 5.13 Å². The normalized spacial score (nSPS) is 16.0. The molecule has 0 aliphatic carbocycles. The minimum atomic E-state index is -1.19. The van der Waals surface area contributed by atoms with Crippen molar-refractivity contribution in [1.29, 1.82) is 0 Å². The highest BCUT2D eigenvalue weighted by Gasteiger charge is 2.54. The largest absolute Gasteiger partial charge is 0.477 e. The molecule has 19 heteroatoms. The highest BCUT2D eigenvalue weighted by atomic mass is 127. The summed E-state index contributed by atoms with van der Waals surface area (Å²) < 4.78 is 33.2. The van der Waals surface area contributed by atoms with Gasteiger partial charge in [0.1, 0.15) is 35.0 Å². The molecule has 2 aliphatic heterocycles. The van der Waals surface area contributed by atoms with E-state index in [0.717, 1.165) is 16.7 Å². The van der Waals surface area contributed by atoms with Gasteiger partial charge in [0.15, 0.2) is 35.9 Å². The lowest BCUT2D eigenvalue weighted by molar-refractivity contribution is -0.150. The lowest BCUT2D eigenvalue weighted by Crippen LogP contribution is -2.71. The predicted molar refractivity (Wildman–Crippen MR) is 258 cm³/mol. The molecule has 346 valence electrons. The molecule has 4 aromatic carbocycles. The Balaban J connectivity index is 1.19. The van der Waals surface area contributed by atoms with Crippen LogP contribution < -0.4 is 20.1 Å². The molecular weight excluding hydrogens is 1000 g/mol. The Labute approximate surface area is 403 Å². The second-order valence-corrected chi connectivity index (χ2v) is 17.3. The third-order valence-electron chi connectivity index (χ3n) is 10.4. The maximum Gasteiger partial charge on any atom is 0.352 e. The summed E-state index contributed by atoms with van der Waals surface area (Å²) in [6, 6.07) is 34.2. The van der Waals surface area contributed by atoms with Gasteiger partial charge in [-0.15, -0.1) is 23.1 Å². The van der Waals surface area contributed by atoms with Gasteiger partial charge in [-0.1, -0.05) is 125 Å². The zero-order valence-electron chi connectivity index (χ0n) is 36.1. The number of carbonyl (C=O) groups is 3. The van der Waals surface area contributed by atoms with E-state index < -0.39 is 34.7 Å². The number of hydrogen-bond acceptors (Lipinski definition) is 15. The van der Waals surface area contributed by atoms with Crippen molar-refractivity contribution in [3.05, 3.63) is 154 Å². The lowest BCUT2D eigenvalue weighted by atomic mass is 9.77. The number of nitrogens with zero attached hydrogens (tertiary/aromatic N) is 3. The number of anilines is 1. The van der Waals surface area contributed by atoms with Gasteiger partial charge >= 0.3 is 5.97 Å². The van der Waals surface area contributed by atoms with Gasteiger partial charge in [-0.05, 0) is 40.0 Å². The van der Waals surface area contributed by atoms with E-state index in [4.69, 9.17) is 38.2 Å². The van der Waals surface area contributed by atoms with Gasteiger partial charge in [0, 0.05) is 29.8 Å². The molecule has 2 amide bonds. The highest BCUT2D eigenvalue weighted by Crippen LogP contribution is 2.42. The van der Waals surface area contributed by atoms with Gasteiger partial charge in [-0.25, -0.2) is 9.78 Å². The molecule has 2 aliphatic rings. The molecule has 66 heavy (non-hydrogen) atoms. The number of alkyl halides is 1. The second-order valence-electron chi connectivity index (χ2n) is 14.6. The number of fused-ring (bicyclic) bond motifs is 1. The fourth-order valence-corrected chi connectivity index (χ4v) is 10.3. The Bertz CT molecular complexity index is 2380. The molecule has 1 aromatic heterocycles. The number of thiazole rings is 1. The van der Waals surface area contributed by atoms with Gasteiger partial charge in [-0.3, -0.25) is 14.5 Å². The number of nitrogens with one attached hydrogen (secondary N) is 2. The summed E-state index contributed by atoms with van der Waals surface area (Å²) in [6.07, 6.45) is 0. The number of hydrogen-bond donors (Lipinski definition) is 3. The monoisotopic (exact) mass is 1050 g/mol. The standard InChI is InChI=1S/C47H48IN5O11S2/c1-58-20-22-60-29-62-37-19-18-31(24-38(37)63-30-61-23-21-59-2)26-64-52-39(42(54)50-40-43(55)53-41(45(56)57)32(25-48)27-65-44(40)53)36-28-66-46(49-36)51-47(33-12-6-3-7-13-33,34-14-8-4-9-15-34)35-16-10-5-11-17-35/h3-19,24,28,40,44H,20-23,25-27,29-30H2,1-2H3,(H,49,51)(H,50,54)(H,56,57)/t40-,44+/m1/s1. The van der Waals surface area contributed by atoms with Crippen LogP contribution in [0.5, 0.6) is 11.5 Å². The molecule has 2 atom stereocenters. The third-order valence-corrected chi connectivity index (χ3v) is 13.4. The summed E-state index contributed by atoms with van der Waals surface area (Å²) in [4.78, 5) is 52.3. The van der Waals surface area contributed by atoms with Crippen molar-refractivity contribution in [2.45, 2.75) is 23.6 Å². The molecule has 0 spiro atoms. The number of amides is 2. The quantitative estimate of drug-likeness (QED) is 0.00825. The zero-order chi connectivity index (χ0) is 46.3. The predicted octanol–water partition coefficient (Wildman–Crippen LogP) is 6.64. The number of aromatic nitrogens is 1. The summed E-state index contributed by atoms with van der Waals surface area (Å²) in [5.41, 5.74) is 3.12. The highest BCUT2D eigenvalue weighted by molar-refractivity contribution is 14.1. The van der Waals surface area contributed by atoms with Crippen LogP contribution >= 0.6 is 45.7 Å². The average Bonchev–Trinajstić information content (AvgIpc) is 3.82. The Kier molecular flexibility index (Phi) is 17.4. The number of oxime groups is 1. The van der Waals surface area contributed by atoms with Crippen molar-refractivity contribution in [1.82, 2.24) is 15.2 Å². The number of halogens is 1. The number of ether oxygens (including phenoxy) is 6. The van der Waals surface area contributed by atoms with E-state index in [9.17, 15) is 19.5 Å². The fraction of sp³-hybridized carbons (Fsp3) is 0.298. The number of β-lactam (4-membered cyclic amide) rings is 1. The van der Waals surface area contributed by atoms with Gasteiger partial charge in [0.2, 0.25) is 0 Å². The fourth-order valence-electron chi connectivity index (χ4n) is 7.24. The Hall–Kier alpha value is -5.55. The number of thioether (sulfide) groups is 1. The van der Waals surface area contributed by atoms with Crippen LogP contribution in [0.2, 0.25) is 0 Å². The van der Waals surface area contributed by atoms with Gasteiger partial charge in [-0.2, -0.15) is 0 Å². The van der Waals surface area contributed by atoms with Gasteiger partial charge in [0.05, 0.1) is 26.4 Å². The molecule has 5 aromatic rings. The minimum absolute atomic E-state index is 0.0465. The second kappa shape index (κ2) is 23.8. The minimum Gasteiger partial charge on any atom is -0.477 e. The Morgan fingerprint density at radius 3 is 2.00 bits per heavy atom.